The van der Waals surface area contributed by atoms with Gasteiger partial charge in [-0.3, -0.25) is 0 Å². The van der Waals surface area contributed by atoms with Gasteiger partial charge in [-0.25, -0.2) is 0 Å². The summed E-state index contributed by atoms with van der Waals surface area (Å²) in [6.07, 6.45) is 14.6. The first-order valence-corrected chi connectivity index (χ1v) is 5.06. The molecule has 12 heavy (non-hydrogen) atoms. The second-order valence-corrected chi connectivity index (χ2v) is 3.50. The molecule has 0 amide bonds. The second kappa shape index (κ2) is 6.05. The molecule has 68 valence electrons. The van der Waals surface area contributed by atoms with Crippen LogP contribution < -0.4 is 0 Å². The van der Waals surface area contributed by atoms with E-state index in [4.69, 9.17) is 1.37 Å². The third-order valence-electron chi connectivity index (χ3n) is 2.45. The van der Waals surface area contributed by atoms with Crippen LogP contribution in [0.15, 0.2) is 24.3 Å². The van der Waals surface area contributed by atoms with Gasteiger partial charge in [0.15, 0.2) is 0 Å². The van der Waals surface area contributed by atoms with Gasteiger partial charge in [0.25, 0.3) is 0 Å². The van der Waals surface area contributed by atoms with E-state index in [1.54, 1.807) is 0 Å². The molecule has 0 N–H and O–H groups in total. The molecule has 0 aromatic rings. The third-order valence-corrected chi connectivity index (χ3v) is 2.45. The van der Waals surface area contributed by atoms with Crippen molar-refractivity contribution in [1.29, 1.82) is 0 Å². The van der Waals surface area contributed by atoms with Gasteiger partial charge in [0.1, 0.15) is 0 Å². The molecule has 0 nitrogen and oxygen atoms in total. The monoisotopic (exact) mass is 165 g/mol. The molecule has 0 bridgehead atoms. The lowest BCUT2D eigenvalue weighted by Gasteiger charge is -2.19. The van der Waals surface area contributed by atoms with E-state index in [0.29, 0.717) is 5.92 Å². The van der Waals surface area contributed by atoms with E-state index >= 15 is 0 Å². The fraction of sp³-hybridized carbons (Fsp3) is 0.667. The molecule has 0 aliphatic heterocycles. The molecule has 1 aliphatic rings. The maximum Gasteiger partial charge on any atom is 0.0313 e. The van der Waals surface area contributed by atoms with Gasteiger partial charge in [0, 0.05) is 1.37 Å². The molecule has 1 fully saturated rings. The van der Waals surface area contributed by atoms with Crippen molar-refractivity contribution in [1.82, 2.24) is 0 Å². The maximum atomic E-state index is 7.92. The predicted octanol–water partition coefficient (Wildman–Crippen LogP) is 4.09. The van der Waals surface area contributed by atoms with Crippen molar-refractivity contribution in [3.63, 3.8) is 0 Å². The smallest absolute Gasteiger partial charge is 0.0313 e. The zero-order valence-electron chi connectivity index (χ0n) is 9.00. The Morgan fingerprint density at radius 1 is 1.25 bits per heavy atom. The largest absolute Gasteiger partial charge is 0.0877 e. The maximum absolute atomic E-state index is 7.92. The molecule has 0 aromatic carbocycles. The van der Waals surface area contributed by atoms with Gasteiger partial charge in [-0.1, -0.05) is 56.4 Å². The van der Waals surface area contributed by atoms with Crippen LogP contribution in [0.3, 0.4) is 0 Å². The summed E-state index contributed by atoms with van der Waals surface area (Å²) in [5.74, 6) is 0.621. The van der Waals surface area contributed by atoms with Crippen LogP contribution in [0, 0.1) is 5.92 Å². The quantitative estimate of drug-likeness (QED) is 0.552. The summed E-state index contributed by atoms with van der Waals surface area (Å²) in [6, 6.07) is 0. The molecule has 0 spiro atoms. The summed E-state index contributed by atoms with van der Waals surface area (Å²) in [5.41, 5.74) is 0. The highest BCUT2D eigenvalue weighted by molar-refractivity contribution is 5.01. The Labute approximate surface area is 77.8 Å². The Morgan fingerprint density at radius 2 is 2.00 bits per heavy atom. The molecule has 0 unspecified atom stereocenters. The number of hydrogen-bond donors (Lipinski definition) is 0. The van der Waals surface area contributed by atoms with Crippen molar-refractivity contribution in [2.24, 2.45) is 5.92 Å². The molecule has 0 saturated heterocycles. The second-order valence-electron chi connectivity index (χ2n) is 3.50. The average molecular weight is 165 g/mol. The van der Waals surface area contributed by atoms with Crippen molar-refractivity contribution in [3.8, 4) is 0 Å². The van der Waals surface area contributed by atoms with Crippen LogP contribution in [-0.2, 0) is 0 Å². The van der Waals surface area contributed by atoms with Gasteiger partial charge in [-0.05, 0) is 19.2 Å². The van der Waals surface area contributed by atoms with Crippen molar-refractivity contribution < 1.29 is 1.37 Å². The molecule has 1 rings (SSSR count). The van der Waals surface area contributed by atoms with Crippen molar-refractivity contribution in [3.05, 3.63) is 24.3 Å². The zero-order chi connectivity index (χ0) is 9.52. The minimum absolute atomic E-state index is 0.0245. The molecule has 0 heteroatoms. The summed E-state index contributed by atoms with van der Waals surface area (Å²) in [7, 11) is 0. The lowest BCUT2D eigenvalue weighted by Crippen LogP contribution is -2.04. The van der Waals surface area contributed by atoms with E-state index in [0.717, 1.165) is 0 Å². The highest BCUT2D eigenvalue weighted by atomic mass is 14.2. The summed E-state index contributed by atoms with van der Waals surface area (Å²) >= 11 is 0. The van der Waals surface area contributed by atoms with Crippen molar-refractivity contribution in [2.45, 2.75) is 45.4 Å². The van der Waals surface area contributed by atoms with Gasteiger partial charge < -0.3 is 0 Å². The van der Waals surface area contributed by atoms with Crippen LogP contribution in [0.25, 0.3) is 0 Å². The molecule has 1 aliphatic carbocycles. The Hall–Kier alpha value is -0.520. The Bertz CT molecular complexity index is 176. The molecule has 0 aromatic heterocycles. The predicted molar refractivity (Wildman–Crippen MR) is 55.1 cm³/mol. The normalized spacial score (nSPS) is 24.9. The summed E-state index contributed by atoms with van der Waals surface area (Å²) < 4.78 is 7.92. The van der Waals surface area contributed by atoms with Gasteiger partial charge in [0.05, 0.1) is 0 Å². The number of rotatable bonds is 3. The highest BCUT2D eigenvalue weighted by Crippen LogP contribution is 2.26. The van der Waals surface area contributed by atoms with Crippen LogP contribution in [0.4, 0.5) is 0 Å². The first kappa shape index (κ1) is 8.10. The number of hydrogen-bond acceptors (Lipinski definition) is 0. The minimum atomic E-state index is 0.0245. The Kier molecular flexibility index (Phi) is 4.08. The fourth-order valence-electron chi connectivity index (χ4n) is 1.72. The standard InChI is InChI=1S/C12H20/c1-2-3-4-6-9-12-10-7-5-8-11-12/h2-4,6,12H,5,7-11H2,1H3/b3-2+,6-4+/i9D/t9-/m1/s1. The molecular weight excluding hydrogens is 144 g/mol. The van der Waals surface area contributed by atoms with Crippen molar-refractivity contribution in [2.75, 3.05) is 0 Å². The SMILES string of the molecule is [2H][C@H](/C=C/C=C/C)C1CCCCC1. The molecule has 0 radical (unpaired) electrons. The van der Waals surface area contributed by atoms with Crippen LogP contribution >= 0.6 is 0 Å². The molecule has 1 atom stereocenters. The minimum Gasteiger partial charge on any atom is -0.0877 e. The first-order chi connectivity index (χ1) is 6.34. The molecule has 0 heterocycles. The van der Waals surface area contributed by atoms with Gasteiger partial charge >= 0.3 is 0 Å². The fourth-order valence-corrected chi connectivity index (χ4v) is 1.72. The van der Waals surface area contributed by atoms with Crippen LogP contribution in [0.5, 0.6) is 0 Å². The van der Waals surface area contributed by atoms with E-state index in [1.165, 1.54) is 32.1 Å². The van der Waals surface area contributed by atoms with Crippen LogP contribution in [-0.4, -0.2) is 0 Å². The Balaban J connectivity index is 2.32. The summed E-state index contributed by atoms with van der Waals surface area (Å²) in [5, 5.41) is 0. The van der Waals surface area contributed by atoms with Gasteiger partial charge in [-0.2, -0.15) is 0 Å². The van der Waals surface area contributed by atoms with Gasteiger partial charge in [0.2, 0.25) is 0 Å². The summed E-state index contributed by atoms with van der Waals surface area (Å²) in [4.78, 5) is 0. The van der Waals surface area contributed by atoms with E-state index < -0.39 is 0 Å². The van der Waals surface area contributed by atoms with Crippen molar-refractivity contribution >= 4 is 0 Å². The van der Waals surface area contributed by atoms with E-state index in [-0.39, 0.29) is 6.40 Å². The Morgan fingerprint density at radius 3 is 2.67 bits per heavy atom. The lowest BCUT2D eigenvalue weighted by atomic mass is 9.87. The summed E-state index contributed by atoms with van der Waals surface area (Å²) in [6.45, 7) is 2.00. The van der Waals surface area contributed by atoms with E-state index in [9.17, 15) is 0 Å². The highest BCUT2D eigenvalue weighted by Gasteiger charge is 2.10. The average Bonchev–Trinajstić information content (AvgIpc) is 2.19. The third kappa shape index (κ3) is 3.75. The van der Waals surface area contributed by atoms with E-state index in [2.05, 4.69) is 0 Å². The zero-order valence-corrected chi connectivity index (χ0v) is 8.00. The molecular formula is C12H20. The topological polar surface area (TPSA) is 0 Å². The first-order valence-electron chi connectivity index (χ1n) is 5.64. The van der Waals surface area contributed by atoms with Gasteiger partial charge in [-0.15, -0.1) is 0 Å². The van der Waals surface area contributed by atoms with Crippen LogP contribution in [0.2, 0.25) is 0 Å². The lowest BCUT2D eigenvalue weighted by molar-refractivity contribution is 0.361. The number of allylic oxidation sites excluding steroid dienone is 4. The molecule has 1 saturated carbocycles. The van der Waals surface area contributed by atoms with E-state index in [1.807, 2.05) is 31.2 Å². The van der Waals surface area contributed by atoms with Crippen LogP contribution in [0.1, 0.15) is 46.8 Å².